The highest BCUT2D eigenvalue weighted by Crippen LogP contribution is 2.22. The fourth-order valence-corrected chi connectivity index (χ4v) is 4.09. The summed E-state index contributed by atoms with van der Waals surface area (Å²) in [5.74, 6) is 0.553. The Balaban J connectivity index is 1.40. The lowest BCUT2D eigenvalue weighted by Gasteiger charge is -2.10. The van der Waals surface area contributed by atoms with Gasteiger partial charge < -0.3 is 5.32 Å². The van der Waals surface area contributed by atoms with Crippen LogP contribution < -0.4 is 16.6 Å². The summed E-state index contributed by atoms with van der Waals surface area (Å²) in [4.78, 5) is 46.3. The van der Waals surface area contributed by atoms with E-state index in [-0.39, 0.29) is 23.4 Å². The number of para-hydroxylation sites is 3. The fraction of sp³-hybridized carbons (Fsp3) is 0.160. The highest BCUT2D eigenvalue weighted by molar-refractivity contribution is 5.92. The molecular formula is C25H22N6O3. The summed E-state index contributed by atoms with van der Waals surface area (Å²) in [5.41, 5.74) is 2.56. The molecule has 1 N–H and O–H groups in total. The summed E-state index contributed by atoms with van der Waals surface area (Å²) in [6, 6.07) is 19.3. The number of carbonyl (C=O) groups excluding carboxylic acids is 1. The number of nitrogens with zero attached hydrogens (tertiary/aromatic N) is 5. The molecule has 0 aliphatic carbocycles. The number of fused-ring (bicyclic) bond motifs is 2. The van der Waals surface area contributed by atoms with Crippen LogP contribution in [0.25, 0.3) is 27.8 Å². The van der Waals surface area contributed by atoms with Crippen molar-refractivity contribution in [2.45, 2.75) is 12.8 Å². The van der Waals surface area contributed by atoms with Crippen LogP contribution in [0.15, 0.2) is 76.4 Å². The molecule has 0 fully saturated rings. The molecule has 0 bridgehead atoms. The second-order valence-electron chi connectivity index (χ2n) is 8.04. The number of carbonyl (C=O) groups is 1. The molecule has 0 atom stereocenters. The van der Waals surface area contributed by atoms with Crippen molar-refractivity contribution in [2.75, 3.05) is 5.32 Å². The van der Waals surface area contributed by atoms with Crippen molar-refractivity contribution in [1.29, 1.82) is 0 Å². The van der Waals surface area contributed by atoms with Crippen LogP contribution in [-0.4, -0.2) is 29.6 Å². The van der Waals surface area contributed by atoms with E-state index in [9.17, 15) is 14.4 Å². The molecule has 9 heteroatoms. The maximum atomic E-state index is 12.7. The van der Waals surface area contributed by atoms with Gasteiger partial charge in [0.05, 0.1) is 28.3 Å². The average Bonchev–Trinajstić information content (AvgIpc) is 3.24. The first kappa shape index (κ1) is 21.3. The number of hydrogen-bond acceptors (Lipinski definition) is 5. The third-order valence-electron chi connectivity index (χ3n) is 5.80. The molecule has 9 nitrogen and oxygen atoms in total. The second-order valence-corrected chi connectivity index (χ2v) is 8.04. The van der Waals surface area contributed by atoms with Gasteiger partial charge in [-0.3, -0.25) is 23.3 Å². The number of aromatic nitrogens is 5. The largest absolute Gasteiger partial charge is 0.332 e. The number of aryl methyl sites for hydroxylation is 2. The minimum Gasteiger partial charge on any atom is -0.325 e. The zero-order valence-corrected chi connectivity index (χ0v) is 18.7. The lowest BCUT2D eigenvalue weighted by Crippen LogP contribution is -2.37. The summed E-state index contributed by atoms with van der Waals surface area (Å²) in [6.45, 7) is 0. The van der Waals surface area contributed by atoms with E-state index in [1.165, 1.54) is 17.8 Å². The predicted octanol–water partition coefficient (Wildman–Crippen LogP) is 2.54. The first-order valence-corrected chi connectivity index (χ1v) is 10.8. The van der Waals surface area contributed by atoms with E-state index in [4.69, 9.17) is 4.98 Å². The van der Waals surface area contributed by atoms with Crippen LogP contribution >= 0.6 is 0 Å². The number of amides is 1. The Labute approximate surface area is 193 Å². The van der Waals surface area contributed by atoms with Crippen molar-refractivity contribution in [3.63, 3.8) is 0 Å². The van der Waals surface area contributed by atoms with E-state index in [1.54, 1.807) is 13.1 Å². The number of anilines is 1. The van der Waals surface area contributed by atoms with Gasteiger partial charge in [0.2, 0.25) is 5.91 Å². The minimum absolute atomic E-state index is 0.194. The number of rotatable bonds is 5. The molecule has 0 aliphatic rings. The lowest BCUT2D eigenvalue weighted by atomic mass is 10.2. The van der Waals surface area contributed by atoms with Crippen LogP contribution in [0.1, 0.15) is 12.2 Å². The normalized spacial score (nSPS) is 11.2. The van der Waals surface area contributed by atoms with Gasteiger partial charge in [0.15, 0.2) is 0 Å². The van der Waals surface area contributed by atoms with Gasteiger partial charge in [-0.25, -0.2) is 14.8 Å². The van der Waals surface area contributed by atoms with Gasteiger partial charge in [-0.2, -0.15) is 0 Å². The van der Waals surface area contributed by atoms with Crippen molar-refractivity contribution in [3.8, 4) is 5.69 Å². The molecule has 34 heavy (non-hydrogen) atoms. The van der Waals surface area contributed by atoms with E-state index >= 15 is 0 Å². The van der Waals surface area contributed by atoms with Gasteiger partial charge in [0.1, 0.15) is 11.5 Å². The Morgan fingerprint density at radius 1 is 0.971 bits per heavy atom. The number of benzene rings is 2. The molecule has 5 rings (SSSR count). The first-order valence-electron chi connectivity index (χ1n) is 10.8. The molecule has 5 aromatic rings. The molecule has 0 radical (unpaired) electrons. The maximum absolute atomic E-state index is 12.7. The molecule has 3 heterocycles. The van der Waals surface area contributed by atoms with Crippen molar-refractivity contribution in [1.82, 2.24) is 23.7 Å². The maximum Gasteiger partial charge on any atom is 0.332 e. The summed E-state index contributed by atoms with van der Waals surface area (Å²) < 4.78 is 4.38. The Morgan fingerprint density at radius 3 is 2.50 bits per heavy atom. The number of pyridine rings is 1. The molecule has 0 spiro atoms. The van der Waals surface area contributed by atoms with Crippen molar-refractivity contribution >= 4 is 33.7 Å². The van der Waals surface area contributed by atoms with E-state index < -0.39 is 11.2 Å². The van der Waals surface area contributed by atoms with Gasteiger partial charge in [-0.1, -0.05) is 30.3 Å². The topological polar surface area (TPSA) is 104 Å². The third kappa shape index (κ3) is 3.66. The molecule has 170 valence electrons. The average molecular weight is 454 g/mol. The molecule has 1 amide bonds. The molecule has 2 aromatic carbocycles. The van der Waals surface area contributed by atoms with Gasteiger partial charge >= 0.3 is 5.69 Å². The Kier molecular flexibility index (Phi) is 5.29. The van der Waals surface area contributed by atoms with Gasteiger partial charge in [-0.05, 0) is 30.3 Å². The Morgan fingerprint density at radius 2 is 1.71 bits per heavy atom. The molecule has 0 unspecified atom stereocenters. The van der Waals surface area contributed by atoms with E-state index in [0.29, 0.717) is 12.1 Å². The number of nitrogens with one attached hydrogen (secondary N) is 1. The first-order chi connectivity index (χ1) is 16.4. The highest BCUT2D eigenvalue weighted by Gasteiger charge is 2.15. The van der Waals surface area contributed by atoms with Gasteiger partial charge in [0, 0.05) is 32.6 Å². The molecular weight excluding hydrogens is 432 g/mol. The summed E-state index contributed by atoms with van der Waals surface area (Å²) in [5, 5.41) is 3.06. The second kappa shape index (κ2) is 8.43. The molecule has 0 saturated heterocycles. The number of imidazole rings is 1. The van der Waals surface area contributed by atoms with Gasteiger partial charge in [-0.15, -0.1) is 0 Å². The Hall–Kier alpha value is -4.53. The van der Waals surface area contributed by atoms with Crippen molar-refractivity contribution < 1.29 is 4.79 Å². The summed E-state index contributed by atoms with van der Waals surface area (Å²) >= 11 is 0. The lowest BCUT2D eigenvalue weighted by molar-refractivity contribution is -0.116. The van der Waals surface area contributed by atoms with E-state index in [0.717, 1.165) is 27.1 Å². The van der Waals surface area contributed by atoms with Crippen LogP contribution in [0.3, 0.4) is 0 Å². The van der Waals surface area contributed by atoms with E-state index in [1.807, 2.05) is 54.6 Å². The summed E-state index contributed by atoms with van der Waals surface area (Å²) in [6.07, 6.45) is 2.06. The minimum atomic E-state index is -0.460. The van der Waals surface area contributed by atoms with Crippen LogP contribution in [0.2, 0.25) is 0 Å². The van der Waals surface area contributed by atoms with Crippen molar-refractivity contribution in [3.05, 3.63) is 93.5 Å². The molecule has 0 aliphatic heterocycles. The zero-order valence-electron chi connectivity index (χ0n) is 18.7. The monoisotopic (exact) mass is 454 g/mol. The SMILES string of the molecule is Cn1c(=O)c2cc(NC(=O)CCc3nc4ccccc4n3-c3ccccc3)cnc2n(C)c1=O. The standard InChI is InChI=1S/C25H22N6O3/c1-29-23-18(24(33)30(2)25(29)34)14-16(15-26-23)27-22(32)13-12-21-28-19-10-6-7-11-20(19)31(21)17-8-4-3-5-9-17/h3-11,14-15H,12-13H2,1-2H3,(H,27,32). The van der Waals surface area contributed by atoms with Crippen molar-refractivity contribution in [2.24, 2.45) is 14.1 Å². The number of hydrogen-bond donors (Lipinski definition) is 1. The zero-order chi connectivity index (χ0) is 23.8. The smallest absolute Gasteiger partial charge is 0.325 e. The predicted molar refractivity (Wildman–Crippen MR) is 130 cm³/mol. The third-order valence-corrected chi connectivity index (χ3v) is 5.80. The fourth-order valence-electron chi connectivity index (χ4n) is 4.09. The Bertz CT molecular complexity index is 1660. The highest BCUT2D eigenvalue weighted by atomic mass is 16.2. The van der Waals surface area contributed by atoms with Crippen LogP contribution in [0, 0.1) is 0 Å². The van der Waals surface area contributed by atoms with Crippen LogP contribution in [0.5, 0.6) is 0 Å². The quantitative estimate of drug-likeness (QED) is 0.440. The van der Waals surface area contributed by atoms with Gasteiger partial charge in [0.25, 0.3) is 5.56 Å². The van der Waals surface area contributed by atoms with E-state index in [2.05, 4.69) is 14.9 Å². The molecule has 3 aromatic heterocycles. The van der Waals surface area contributed by atoms with Crippen LogP contribution in [0.4, 0.5) is 5.69 Å². The van der Waals surface area contributed by atoms with Crippen LogP contribution in [-0.2, 0) is 25.3 Å². The summed E-state index contributed by atoms with van der Waals surface area (Å²) in [7, 11) is 2.96. The molecule has 0 saturated carbocycles.